The molecule has 2 fully saturated rings. The van der Waals surface area contributed by atoms with E-state index in [2.05, 4.69) is 6.92 Å². The minimum Gasteiger partial charge on any atom is -0.341 e. The normalized spacial score (nSPS) is 42.2. The molecule has 0 radical (unpaired) electrons. The molecule has 0 N–H and O–H groups in total. The Bertz CT molecular complexity index is 202. The van der Waals surface area contributed by atoms with Crippen LogP contribution in [0.4, 0.5) is 0 Å². The van der Waals surface area contributed by atoms with Gasteiger partial charge in [0, 0.05) is 12.8 Å². The van der Waals surface area contributed by atoms with Crippen LogP contribution in [-0.2, 0) is 14.5 Å². The molecule has 2 bridgehead atoms. The zero-order chi connectivity index (χ0) is 9.53. The van der Waals surface area contributed by atoms with E-state index in [0.29, 0.717) is 0 Å². The van der Waals surface area contributed by atoms with Gasteiger partial charge in [-0.1, -0.05) is 13.3 Å². The van der Waals surface area contributed by atoms with Crippen molar-refractivity contribution in [2.24, 2.45) is 0 Å². The van der Waals surface area contributed by atoms with Gasteiger partial charge in [-0.2, -0.15) is 0 Å². The summed E-state index contributed by atoms with van der Waals surface area (Å²) in [6, 6.07) is 0. The topological polar surface area (TPSA) is 27.7 Å². The fourth-order valence-electron chi connectivity index (χ4n) is 2.12. The van der Waals surface area contributed by atoms with E-state index in [-0.39, 0.29) is 11.7 Å². The third-order valence-corrected chi connectivity index (χ3v) is 2.96. The van der Waals surface area contributed by atoms with E-state index in [1.165, 1.54) is 0 Å². The van der Waals surface area contributed by atoms with Gasteiger partial charge in [0.05, 0.1) is 6.10 Å². The minimum atomic E-state index is -0.422. The summed E-state index contributed by atoms with van der Waals surface area (Å²) in [7, 11) is 0. The zero-order valence-electron chi connectivity index (χ0n) is 8.63. The Labute approximate surface area is 79.3 Å². The molecule has 0 spiro atoms. The third-order valence-electron chi connectivity index (χ3n) is 2.96. The monoisotopic (exact) mass is 186 g/mol. The zero-order valence-corrected chi connectivity index (χ0v) is 8.63. The second-order valence-corrected chi connectivity index (χ2v) is 4.58. The highest BCUT2D eigenvalue weighted by Gasteiger charge is 2.53. The Morgan fingerprint density at radius 3 is 2.77 bits per heavy atom. The molecule has 0 aromatic carbocycles. The second kappa shape index (κ2) is 2.94. The third kappa shape index (κ3) is 1.49. The SMILES string of the molecule is CCC[C@@]12CC[C@@H](O1)C(C)(C)OO2. The first-order valence-electron chi connectivity index (χ1n) is 5.13. The summed E-state index contributed by atoms with van der Waals surface area (Å²) in [5.74, 6) is -0.422. The van der Waals surface area contributed by atoms with Gasteiger partial charge >= 0.3 is 0 Å². The van der Waals surface area contributed by atoms with Crippen molar-refractivity contribution in [1.82, 2.24) is 0 Å². The van der Waals surface area contributed by atoms with Crippen LogP contribution in [0, 0.1) is 0 Å². The predicted molar refractivity (Wildman–Crippen MR) is 48.0 cm³/mol. The maximum atomic E-state index is 5.89. The van der Waals surface area contributed by atoms with Crippen LogP contribution in [0.15, 0.2) is 0 Å². The highest BCUT2D eigenvalue weighted by molar-refractivity contribution is 4.92. The molecule has 2 aliphatic rings. The van der Waals surface area contributed by atoms with Crippen LogP contribution >= 0.6 is 0 Å². The van der Waals surface area contributed by atoms with Crippen molar-refractivity contribution >= 4 is 0 Å². The van der Waals surface area contributed by atoms with E-state index in [4.69, 9.17) is 14.5 Å². The van der Waals surface area contributed by atoms with Gasteiger partial charge < -0.3 is 4.74 Å². The molecule has 0 amide bonds. The van der Waals surface area contributed by atoms with Crippen LogP contribution in [0.3, 0.4) is 0 Å². The van der Waals surface area contributed by atoms with Crippen molar-refractivity contribution in [3.8, 4) is 0 Å². The van der Waals surface area contributed by atoms with Gasteiger partial charge in [-0.05, 0) is 20.3 Å². The molecule has 0 aromatic heterocycles. The smallest absolute Gasteiger partial charge is 0.202 e. The van der Waals surface area contributed by atoms with Crippen molar-refractivity contribution in [2.45, 2.75) is 63.9 Å². The van der Waals surface area contributed by atoms with Gasteiger partial charge in [-0.3, -0.25) is 0 Å². The standard InChI is InChI=1S/C10H18O3/c1-4-6-10-7-5-8(11-10)9(2,3)12-13-10/h8H,4-7H2,1-3H3/t8-,10-/m1/s1. The van der Waals surface area contributed by atoms with Crippen LogP contribution in [0.1, 0.15) is 46.5 Å². The van der Waals surface area contributed by atoms with Crippen LogP contribution in [0.25, 0.3) is 0 Å². The summed E-state index contributed by atoms with van der Waals surface area (Å²) in [4.78, 5) is 10.8. The first-order valence-corrected chi connectivity index (χ1v) is 5.13. The maximum Gasteiger partial charge on any atom is 0.202 e. The van der Waals surface area contributed by atoms with Crippen molar-refractivity contribution in [3.05, 3.63) is 0 Å². The molecule has 76 valence electrons. The molecule has 2 aliphatic heterocycles. The van der Waals surface area contributed by atoms with E-state index >= 15 is 0 Å². The van der Waals surface area contributed by atoms with E-state index in [1.54, 1.807) is 0 Å². The fourth-order valence-corrected chi connectivity index (χ4v) is 2.12. The molecule has 3 heteroatoms. The number of rotatable bonds is 2. The van der Waals surface area contributed by atoms with Gasteiger partial charge in [0.15, 0.2) is 0 Å². The van der Waals surface area contributed by atoms with Crippen LogP contribution in [0.5, 0.6) is 0 Å². The number of ether oxygens (including phenoxy) is 1. The van der Waals surface area contributed by atoms with E-state index in [9.17, 15) is 0 Å². The highest BCUT2D eigenvalue weighted by Crippen LogP contribution is 2.45. The molecule has 13 heavy (non-hydrogen) atoms. The van der Waals surface area contributed by atoms with Gasteiger partial charge in [-0.25, -0.2) is 9.78 Å². The van der Waals surface area contributed by atoms with E-state index in [0.717, 1.165) is 25.7 Å². The lowest BCUT2D eigenvalue weighted by Crippen LogP contribution is -2.49. The average Bonchev–Trinajstić information content (AvgIpc) is 2.43. The first kappa shape index (κ1) is 9.44. The van der Waals surface area contributed by atoms with Gasteiger partial charge in [0.2, 0.25) is 5.79 Å². The Hall–Kier alpha value is -0.120. The lowest BCUT2D eigenvalue weighted by atomic mass is 9.99. The fraction of sp³-hybridized carbons (Fsp3) is 1.00. The Morgan fingerprint density at radius 1 is 1.31 bits per heavy atom. The lowest BCUT2D eigenvalue weighted by Gasteiger charge is -2.40. The first-order chi connectivity index (χ1) is 6.08. The molecular formula is C10H18O3. The molecule has 0 unspecified atom stereocenters. The van der Waals surface area contributed by atoms with Crippen LogP contribution in [-0.4, -0.2) is 17.5 Å². The van der Waals surface area contributed by atoms with Crippen molar-refractivity contribution in [3.63, 3.8) is 0 Å². The molecule has 2 atom stereocenters. The molecular weight excluding hydrogens is 168 g/mol. The number of hydrogen-bond acceptors (Lipinski definition) is 3. The summed E-state index contributed by atoms with van der Waals surface area (Å²) < 4.78 is 5.89. The van der Waals surface area contributed by atoms with Crippen LogP contribution < -0.4 is 0 Å². The van der Waals surface area contributed by atoms with Crippen molar-refractivity contribution in [2.75, 3.05) is 0 Å². The Kier molecular flexibility index (Phi) is 2.13. The maximum absolute atomic E-state index is 5.89. The number of hydrogen-bond donors (Lipinski definition) is 0. The van der Waals surface area contributed by atoms with Crippen LogP contribution in [0.2, 0.25) is 0 Å². The van der Waals surface area contributed by atoms with E-state index in [1.807, 2.05) is 13.8 Å². The second-order valence-electron chi connectivity index (χ2n) is 4.58. The summed E-state index contributed by atoms with van der Waals surface area (Å²) in [5, 5.41) is 0. The van der Waals surface area contributed by atoms with Crippen molar-refractivity contribution < 1.29 is 14.5 Å². The summed E-state index contributed by atoms with van der Waals surface area (Å²) in [6.45, 7) is 6.16. The molecule has 2 saturated heterocycles. The van der Waals surface area contributed by atoms with Gasteiger partial charge in [-0.15, -0.1) is 0 Å². The lowest BCUT2D eigenvalue weighted by molar-refractivity contribution is -0.506. The van der Waals surface area contributed by atoms with Gasteiger partial charge in [0.25, 0.3) is 0 Å². The summed E-state index contributed by atoms with van der Waals surface area (Å²) >= 11 is 0. The highest BCUT2D eigenvalue weighted by atomic mass is 17.3. The molecule has 0 saturated carbocycles. The Balaban J connectivity index is 2.08. The largest absolute Gasteiger partial charge is 0.341 e. The number of fused-ring (bicyclic) bond motifs is 2. The Morgan fingerprint density at radius 2 is 2.08 bits per heavy atom. The quantitative estimate of drug-likeness (QED) is 0.620. The summed E-state index contributed by atoms with van der Waals surface area (Å²) in [5.41, 5.74) is -0.284. The molecule has 2 heterocycles. The van der Waals surface area contributed by atoms with Crippen molar-refractivity contribution in [1.29, 1.82) is 0 Å². The molecule has 2 rings (SSSR count). The molecule has 3 nitrogen and oxygen atoms in total. The predicted octanol–water partition coefficient (Wildman–Crippen LogP) is 2.40. The molecule has 0 aromatic rings. The summed E-state index contributed by atoms with van der Waals surface area (Å²) in [6.07, 6.45) is 4.21. The van der Waals surface area contributed by atoms with Gasteiger partial charge in [0.1, 0.15) is 5.60 Å². The minimum absolute atomic E-state index is 0.202. The van der Waals surface area contributed by atoms with E-state index < -0.39 is 5.79 Å². The molecule has 0 aliphatic carbocycles. The average molecular weight is 186 g/mol.